The average molecular weight is 254 g/mol. The first-order valence-corrected chi connectivity index (χ1v) is 4.66. The molecule has 0 aliphatic heterocycles. The van der Waals surface area contributed by atoms with E-state index in [0.29, 0.717) is 0 Å². The molecule has 0 bridgehead atoms. The van der Waals surface area contributed by atoms with Crippen LogP contribution in [0, 0.1) is 5.92 Å². The van der Waals surface area contributed by atoms with E-state index >= 15 is 0 Å². The van der Waals surface area contributed by atoms with Gasteiger partial charge in [-0.25, -0.2) is 13.2 Å². The molecule has 0 aromatic carbocycles. The fourth-order valence-corrected chi connectivity index (χ4v) is 1.56. The Morgan fingerprint density at radius 2 is 1.50 bits per heavy atom. The lowest BCUT2D eigenvalue weighted by Crippen LogP contribution is -2.33. The van der Waals surface area contributed by atoms with Crippen molar-refractivity contribution in [3.8, 4) is 0 Å². The summed E-state index contributed by atoms with van der Waals surface area (Å²) in [5.74, 6) is -0.797. The van der Waals surface area contributed by atoms with E-state index in [1.807, 2.05) is 0 Å². The first-order valence-electron chi connectivity index (χ1n) is 4.66. The van der Waals surface area contributed by atoms with Crippen LogP contribution in [0.5, 0.6) is 0 Å². The van der Waals surface area contributed by atoms with Crippen molar-refractivity contribution in [3.05, 3.63) is 0 Å². The normalized spacial score (nSPS) is 25.1. The van der Waals surface area contributed by atoms with Gasteiger partial charge in [0.2, 0.25) is 6.93 Å². The fourth-order valence-electron chi connectivity index (χ4n) is 1.56. The second-order valence-electron chi connectivity index (χ2n) is 3.32. The van der Waals surface area contributed by atoms with Gasteiger partial charge in [0, 0.05) is 7.11 Å². The van der Waals surface area contributed by atoms with Crippen LogP contribution in [0.4, 0.5) is 26.7 Å². The third-order valence-corrected chi connectivity index (χ3v) is 2.40. The molecule has 1 rings (SSSR count). The van der Waals surface area contributed by atoms with Crippen molar-refractivity contribution in [1.82, 2.24) is 0 Å². The van der Waals surface area contributed by atoms with E-state index in [1.165, 1.54) is 0 Å². The van der Waals surface area contributed by atoms with E-state index in [-0.39, 0.29) is 30.4 Å². The van der Waals surface area contributed by atoms with Crippen molar-refractivity contribution in [2.75, 3.05) is 14.0 Å². The molecule has 100 valence electrons. The van der Waals surface area contributed by atoms with Gasteiger partial charge in [0.15, 0.2) is 0 Å². The van der Waals surface area contributed by atoms with Crippen LogP contribution in [0.25, 0.3) is 0 Å². The number of hydrogen-bond acceptors (Lipinski definition) is 1. The Labute approximate surface area is 90.3 Å². The first kappa shape index (κ1) is 17.9. The molecule has 0 aromatic heterocycles. The van der Waals surface area contributed by atoms with Gasteiger partial charge < -0.3 is 4.74 Å². The smallest absolute Gasteiger partial charge is 0.324 e. The summed E-state index contributed by atoms with van der Waals surface area (Å²) in [7, 11) is 0.988. The maximum Gasteiger partial charge on any atom is 0.358 e. The lowest BCUT2D eigenvalue weighted by Gasteiger charge is -2.29. The van der Waals surface area contributed by atoms with Crippen LogP contribution < -0.4 is 0 Å². The molecule has 0 N–H and O–H groups in total. The molecule has 1 aliphatic carbocycles. The van der Waals surface area contributed by atoms with Gasteiger partial charge in [-0.05, 0) is 25.7 Å². The maximum absolute atomic E-state index is 12.8. The van der Waals surface area contributed by atoms with Gasteiger partial charge in [-0.2, -0.15) is 8.78 Å². The van der Waals surface area contributed by atoms with E-state index in [0.717, 1.165) is 7.11 Å². The Hall–Kier alpha value is -0.460. The van der Waals surface area contributed by atoms with E-state index in [4.69, 9.17) is 0 Å². The van der Waals surface area contributed by atoms with Crippen molar-refractivity contribution < 1.29 is 31.4 Å². The zero-order chi connectivity index (χ0) is 11.9. The Bertz CT molecular complexity index is 158. The van der Waals surface area contributed by atoms with Crippen molar-refractivity contribution in [2.24, 2.45) is 5.92 Å². The monoisotopic (exact) mass is 254 g/mol. The largest absolute Gasteiger partial charge is 0.358 e. The molecule has 0 heterocycles. The highest BCUT2D eigenvalue weighted by molar-refractivity contribution is 4.77. The molecule has 0 atom stereocenters. The topological polar surface area (TPSA) is 9.23 Å². The molecule has 0 radical (unpaired) electrons. The van der Waals surface area contributed by atoms with Crippen LogP contribution in [0.15, 0.2) is 0 Å². The number of halogens is 6. The highest BCUT2D eigenvalue weighted by Gasteiger charge is 2.41. The summed E-state index contributed by atoms with van der Waals surface area (Å²) < 4.78 is 61.5. The summed E-state index contributed by atoms with van der Waals surface area (Å²) in [6.45, 7) is -1.75. The lowest BCUT2D eigenvalue weighted by atomic mass is 9.87. The molecule has 0 unspecified atom stereocenters. The van der Waals surface area contributed by atoms with Gasteiger partial charge >= 0.3 is 6.11 Å². The van der Waals surface area contributed by atoms with Crippen LogP contribution in [0.1, 0.15) is 25.7 Å². The molecule has 0 amide bonds. The minimum Gasteiger partial charge on any atom is -0.324 e. The highest BCUT2D eigenvalue weighted by atomic mass is 19.3. The number of hydrogen-bond donors (Lipinski definition) is 0. The van der Waals surface area contributed by atoms with Gasteiger partial charge in [-0.3, -0.25) is 4.70 Å². The summed E-state index contributed by atoms with van der Waals surface area (Å²) in [6.07, 6.45) is -3.04. The number of alkyl halides is 5. The van der Waals surface area contributed by atoms with Gasteiger partial charge in [-0.15, -0.1) is 0 Å². The molecule has 7 heteroatoms. The quantitative estimate of drug-likeness (QED) is 0.681. The zero-order valence-corrected chi connectivity index (χ0v) is 8.90. The van der Waals surface area contributed by atoms with Gasteiger partial charge in [-0.1, -0.05) is 0 Å². The van der Waals surface area contributed by atoms with E-state index in [1.54, 1.807) is 0 Å². The second kappa shape index (κ2) is 8.66. The minimum absolute atomic E-state index is 0. The van der Waals surface area contributed by atoms with E-state index in [2.05, 4.69) is 4.74 Å². The van der Waals surface area contributed by atoms with Crippen LogP contribution >= 0.6 is 0 Å². The first-order chi connectivity index (χ1) is 6.97. The Morgan fingerprint density at radius 1 is 1.12 bits per heavy atom. The summed E-state index contributed by atoms with van der Waals surface area (Å²) in [5, 5.41) is 0. The Balaban J connectivity index is 0. The Kier molecular flexibility index (Phi) is 9.70. The molecule has 1 saturated carbocycles. The van der Waals surface area contributed by atoms with Crippen LogP contribution in [0.2, 0.25) is 0 Å². The molecule has 1 nitrogen and oxygen atoms in total. The maximum atomic E-state index is 12.8. The third-order valence-electron chi connectivity index (χ3n) is 2.40. The SMILES string of the molecule is COC(F)(F)C1CCC(F)CC1.F.FCF. The van der Waals surface area contributed by atoms with Crippen molar-refractivity contribution in [1.29, 1.82) is 0 Å². The lowest BCUT2D eigenvalue weighted by molar-refractivity contribution is -0.262. The van der Waals surface area contributed by atoms with Crippen LogP contribution in [-0.2, 0) is 4.74 Å². The van der Waals surface area contributed by atoms with Crippen LogP contribution in [0.3, 0.4) is 0 Å². The van der Waals surface area contributed by atoms with E-state index < -0.39 is 25.1 Å². The predicted molar refractivity (Wildman–Crippen MR) is 48.4 cm³/mol. The van der Waals surface area contributed by atoms with Gasteiger partial charge in [0.05, 0.1) is 5.92 Å². The zero-order valence-electron chi connectivity index (χ0n) is 8.90. The Morgan fingerprint density at radius 3 is 1.81 bits per heavy atom. The number of methoxy groups -OCH3 is 1. The van der Waals surface area contributed by atoms with Gasteiger partial charge in [0.25, 0.3) is 0 Å². The van der Waals surface area contributed by atoms with Gasteiger partial charge in [0.1, 0.15) is 6.17 Å². The number of ether oxygens (including phenoxy) is 1. The summed E-state index contributed by atoms with van der Waals surface area (Å²) in [6, 6.07) is 0. The number of rotatable bonds is 2. The summed E-state index contributed by atoms with van der Waals surface area (Å²) in [4.78, 5) is 0. The van der Waals surface area contributed by atoms with E-state index in [9.17, 15) is 22.0 Å². The molecule has 0 spiro atoms. The molecule has 0 saturated heterocycles. The van der Waals surface area contributed by atoms with Crippen molar-refractivity contribution in [2.45, 2.75) is 38.0 Å². The summed E-state index contributed by atoms with van der Waals surface area (Å²) >= 11 is 0. The molecular weight excluding hydrogens is 238 g/mol. The second-order valence-corrected chi connectivity index (χ2v) is 3.32. The molecule has 0 aromatic rings. The molecule has 1 fully saturated rings. The molecule has 1 aliphatic rings. The van der Waals surface area contributed by atoms with Crippen molar-refractivity contribution >= 4 is 0 Å². The van der Waals surface area contributed by atoms with Crippen LogP contribution in [-0.4, -0.2) is 26.3 Å². The predicted octanol–water partition coefficient (Wildman–Crippen LogP) is 3.79. The molecule has 16 heavy (non-hydrogen) atoms. The third kappa shape index (κ3) is 6.19. The fraction of sp³-hybridized carbons (Fsp3) is 1.00. The highest BCUT2D eigenvalue weighted by Crippen LogP contribution is 2.37. The van der Waals surface area contributed by atoms with Crippen molar-refractivity contribution in [3.63, 3.8) is 0 Å². The minimum atomic E-state index is -3.07. The summed E-state index contributed by atoms with van der Waals surface area (Å²) in [5.41, 5.74) is 0. The standard InChI is InChI=1S/C8H13F3O.CH2F2.FH/c1-12-8(10,11)6-2-4-7(9)5-3-6;2-1-3;/h6-7H,2-5H2,1H3;1H2;1H. The average Bonchev–Trinajstić information content (AvgIpc) is 2.20. The molecular formula is C9H16F6O.